The minimum Gasteiger partial charge on any atom is -0.227 e. The number of hydrogen-bond acceptors (Lipinski definition) is 4. The molecule has 0 aromatic carbocycles. The summed E-state index contributed by atoms with van der Waals surface area (Å²) in [5.41, 5.74) is -1.06. The molecule has 27 heavy (non-hydrogen) atoms. The summed E-state index contributed by atoms with van der Waals surface area (Å²) in [6.07, 6.45) is 5.96. The highest BCUT2D eigenvalue weighted by Crippen LogP contribution is 2.39. The van der Waals surface area contributed by atoms with E-state index in [0.29, 0.717) is 6.42 Å². The predicted molar refractivity (Wildman–Crippen MR) is 113 cm³/mol. The Bertz CT molecular complexity index is 383. The highest BCUT2D eigenvalue weighted by Gasteiger charge is 2.43. The van der Waals surface area contributed by atoms with E-state index in [-0.39, 0.29) is 10.8 Å². The van der Waals surface area contributed by atoms with Crippen LogP contribution in [-0.2, 0) is 19.6 Å². The van der Waals surface area contributed by atoms with Crippen molar-refractivity contribution in [2.75, 3.05) is 0 Å². The molecule has 0 aromatic heterocycles. The monoisotopic (exact) mass is 388 g/mol. The molecule has 0 bridgehead atoms. The van der Waals surface area contributed by atoms with Crippen molar-refractivity contribution >= 4 is 0 Å². The van der Waals surface area contributed by atoms with Gasteiger partial charge in [0.15, 0.2) is 0 Å². The topological polar surface area (TPSA) is 36.9 Å². The smallest absolute Gasteiger partial charge is 0.227 e. The third-order valence-electron chi connectivity index (χ3n) is 6.37. The highest BCUT2D eigenvalue weighted by molar-refractivity contribution is 4.84. The molecule has 0 aliphatic carbocycles. The van der Waals surface area contributed by atoms with Gasteiger partial charge in [0.1, 0.15) is 11.2 Å². The maximum absolute atomic E-state index is 6.01. The van der Waals surface area contributed by atoms with E-state index >= 15 is 0 Å². The van der Waals surface area contributed by atoms with Crippen LogP contribution in [0, 0.1) is 10.8 Å². The molecule has 0 radical (unpaired) electrons. The quantitative estimate of drug-likeness (QED) is 0.149. The minimum atomic E-state index is -0.904. The zero-order chi connectivity index (χ0) is 21.6. The molecule has 0 aliphatic heterocycles. The molecule has 0 unspecified atom stereocenters. The zero-order valence-corrected chi connectivity index (χ0v) is 20.4. The van der Waals surface area contributed by atoms with Crippen molar-refractivity contribution in [1.29, 1.82) is 0 Å². The molecule has 0 amide bonds. The molecule has 0 heterocycles. The van der Waals surface area contributed by atoms with Crippen LogP contribution >= 0.6 is 0 Å². The van der Waals surface area contributed by atoms with Gasteiger partial charge in [-0.3, -0.25) is 0 Å². The van der Waals surface area contributed by atoms with E-state index < -0.39 is 17.0 Å². The molecule has 164 valence electrons. The number of unbranched alkanes of at least 4 members (excludes halogenated alkanes) is 3. The van der Waals surface area contributed by atoms with Gasteiger partial charge in [-0.05, 0) is 44.9 Å². The van der Waals surface area contributed by atoms with Crippen molar-refractivity contribution < 1.29 is 19.6 Å². The number of hydrogen-bond donors (Lipinski definition) is 0. The standard InChI is InChI=1S/C23H48O4/c1-13-15-16-17-18-23(14-2,26-24-21(9,10)19(3,4)5)27-25-22(11,12)20(6,7)8/h13-18H2,1-12H3. The molecular formula is C23H48O4. The minimum absolute atomic E-state index is 0.0692. The molecular weight excluding hydrogens is 340 g/mol. The van der Waals surface area contributed by atoms with Gasteiger partial charge in [-0.25, -0.2) is 9.78 Å². The van der Waals surface area contributed by atoms with Crippen molar-refractivity contribution in [3.05, 3.63) is 0 Å². The van der Waals surface area contributed by atoms with Crippen molar-refractivity contribution in [1.82, 2.24) is 0 Å². The van der Waals surface area contributed by atoms with E-state index in [1.54, 1.807) is 0 Å². The van der Waals surface area contributed by atoms with Gasteiger partial charge in [0.2, 0.25) is 5.79 Å². The van der Waals surface area contributed by atoms with Crippen LogP contribution in [0.5, 0.6) is 0 Å². The summed E-state index contributed by atoms with van der Waals surface area (Å²) >= 11 is 0. The van der Waals surface area contributed by atoms with E-state index in [1.165, 1.54) is 12.8 Å². The van der Waals surface area contributed by atoms with Gasteiger partial charge in [0.25, 0.3) is 0 Å². The Morgan fingerprint density at radius 1 is 0.519 bits per heavy atom. The van der Waals surface area contributed by atoms with Crippen LogP contribution in [0.1, 0.15) is 122 Å². The lowest BCUT2D eigenvalue weighted by atomic mass is 9.79. The van der Waals surface area contributed by atoms with E-state index in [0.717, 1.165) is 19.3 Å². The molecule has 0 rings (SSSR count). The molecule has 0 saturated carbocycles. The first-order chi connectivity index (χ1) is 12.0. The second-order valence-electron chi connectivity index (χ2n) is 10.9. The molecule has 0 fully saturated rings. The molecule has 0 aliphatic rings. The average molecular weight is 389 g/mol. The summed E-state index contributed by atoms with van der Waals surface area (Å²) < 4.78 is 0. The Labute approximate surface area is 169 Å². The fourth-order valence-electron chi connectivity index (χ4n) is 1.82. The number of rotatable bonds is 12. The largest absolute Gasteiger partial charge is 0.233 e. The Balaban J connectivity index is 5.29. The Morgan fingerprint density at radius 3 is 1.22 bits per heavy atom. The Kier molecular flexibility index (Phi) is 9.99. The lowest BCUT2D eigenvalue weighted by molar-refractivity contribution is -0.553. The lowest BCUT2D eigenvalue weighted by Crippen LogP contribution is -2.47. The summed E-state index contributed by atoms with van der Waals surface area (Å²) in [5, 5.41) is 0. The molecule has 0 aromatic rings. The first-order valence-electron chi connectivity index (χ1n) is 10.8. The molecule has 0 N–H and O–H groups in total. The van der Waals surface area contributed by atoms with Crippen molar-refractivity contribution in [3.63, 3.8) is 0 Å². The SMILES string of the molecule is CCCCCCC(CC)(OOC(C)(C)C(C)(C)C)OOC(C)(C)C(C)(C)C. The van der Waals surface area contributed by atoms with Crippen LogP contribution in [0.3, 0.4) is 0 Å². The van der Waals surface area contributed by atoms with Crippen LogP contribution in [-0.4, -0.2) is 17.0 Å². The summed E-state index contributed by atoms with van der Waals surface area (Å²) in [7, 11) is 0. The van der Waals surface area contributed by atoms with E-state index in [4.69, 9.17) is 19.6 Å². The van der Waals surface area contributed by atoms with Crippen molar-refractivity contribution in [3.8, 4) is 0 Å². The molecule has 4 heteroatoms. The second kappa shape index (κ2) is 10.0. The molecule has 4 nitrogen and oxygen atoms in total. The van der Waals surface area contributed by atoms with Gasteiger partial charge >= 0.3 is 0 Å². The second-order valence-corrected chi connectivity index (χ2v) is 10.9. The maximum atomic E-state index is 6.01. The first-order valence-corrected chi connectivity index (χ1v) is 10.8. The van der Waals surface area contributed by atoms with Crippen LogP contribution in [0.4, 0.5) is 0 Å². The Morgan fingerprint density at radius 2 is 0.926 bits per heavy atom. The molecule has 0 spiro atoms. The normalized spacial score (nSPS) is 14.7. The molecule has 0 saturated heterocycles. The summed E-state index contributed by atoms with van der Waals surface area (Å²) in [6.45, 7) is 25.3. The van der Waals surface area contributed by atoms with Crippen LogP contribution in [0.25, 0.3) is 0 Å². The van der Waals surface area contributed by atoms with Gasteiger partial charge in [-0.15, -0.1) is 0 Å². The predicted octanol–water partition coefficient (Wildman–Crippen LogP) is 7.61. The van der Waals surface area contributed by atoms with Crippen molar-refractivity contribution in [2.24, 2.45) is 10.8 Å². The van der Waals surface area contributed by atoms with Crippen LogP contribution < -0.4 is 0 Å². The fraction of sp³-hybridized carbons (Fsp3) is 1.00. The Hall–Kier alpha value is -0.160. The third kappa shape index (κ3) is 8.39. The summed E-state index contributed by atoms with van der Waals surface area (Å²) in [4.78, 5) is 23.9. The molecule has 0 atom stereocenters. The first kappa shape index (κ1) is 26.8. The maximum Gasteiger partial charge on any atom is 0.233 e. The lowest BCUT2D eigenvalue weighted by Gasteiger charge is -2.43. The summed E-state index contributed by atoms with van der Waals surface area (Å²) in [6, 6.07) is 0. The van der Waals surface area contributed by atoms with Gasteiger partial charge in [-0.1, -0.05) is 74.7 Å². The van der Waals surface area contributed by atoms with Gasteiger partial charge in [0, 0.05) is 12.8 Å². The van der Waals surface area contributed by atoms with Crippen LogP contribution in [0.15, 0.2) is 0 Å². The average Bonchev–Trinajstić information content (AvgIpc) is 2.51. The van der Waals surface area contributed by atoms with Gasteiger partial charge < -0.3 is 0 Å². The van der Waals surface area contributed by atoms with E-state index in [9.17, 15) is 0 Å². The third-order valence-corrected chi connectivity index (χ3v) is 6.37. The van der Waals surface area contributed by atoms with Gasteiger partial charge in [-0.2, -0.15) is 9.78 Å². The van der Waals surface area contributed by atoms with Crippen LogP contribution in [0.2, 0.25) is 0 Å². The summed E-state index contributed by atoms with van der Waals surface area (Å²) in [5.74, 6) is -0.904. The van der Waals surface area contributed by atoms with Gasteiger partial charge in [0.05, 0.1) is 0 Å². The van der Waals surface area contributed by atoms with E-state index in [2.05, 4.69) is 55.4 Å². The highest BCUT2D eigenvalue weighted by atomic mass is 17.3. The van der Waals surface area contributed by atoms with E-state index in [1.807, 2.05) is 27.7 Å². The zero-order valence-electron chi connectivity index (χ0n) is 20.4. The fourth-order valence-corrected chi connectivity index (χ4v) is 1.82. The van der Waals surface area contributed by atoms with Crippen molar-refractivity contribution in [2.45, 2.75) is 139 Å².